The number of aromatic nitrogens is 3. The molecule has 2 aromatic rings. The number of carboxylic acids is 3. The van der Waals surface area contributed by atoms with Gasteiger partial charge in [-0.05, 0) is 38.7 Å². The van der Waals surface area contributed by atoms with Crippen LogP contribution in [0.2, 0.25) is 0 Å². The molecule has 44 heavy (non-hydrogen) atoms. The SMILES string of the molecule is CC(C)N1CC[C@H]2[C@H](C[C@@H](Cn3cccn3)N2c2nccs2)C1.O=C(O)C(F)(F)F.O=C(O)C(F)(F)F.O=C(O)C(F)(F)F. The van der Waals surface area contributed by atoms with Crippen molar-refractivity contribution >= 4 is 34.4 Å². The first-order valence-electron chi connectivity index (χ1n) is 12.3. The molecule has 2 aromatic heterocycles. The number of likely N-dealkylation sites (tertiary alicyclic amines) is 1. The minimum Gasteiger partial charge on any atom is -0.475 e. The molecule has 250 valence electrons. The number of carboxylic acid groups (broad SMARTS) is 3. The van der Waals surface area contributed by atoms with Crippen molar-refractivity contribution in [3.05, 3.63) is 30.0 Å². The van der Waals surface area contributed by atoms with Crippen LogP contribution < -0.4 is 4.90 Å². The summed E-state index contributed by atoms with van der Waals surface area (Å²) in [6.45, 7) is 8.01. The topological polar surface area (TPSA) is 149 Å². The average Bonchev–Trinajstić information content (AvgIpc) is 3.64. The second-order valence-corrected chi connectivity index (χ2v) is 10.3. The summed E-state index contributed by atoms with van der Waals surface area (Å²) in [6.07, 6.45) is -6.88. The van der Waals surface area contributed by atoms with Crippen LogP contribution in [0.15, 0.2) is 30.0 Å². The van der Waals surface area contributed by atoms with Crippen molar-refractivity contribution in [3.8, 4) is 0 Å². The Morgan fingerprint density at radius 1 is 0.932 bits per heavy atom. The molecule has 0 saturated carbocycles. The van der Waals surface area contributed by atoms with Gasteiger partial charge in [0.1, 0.15) is 0 Å². The van der Waals surface area contributed by atoms with Gasteiger partial charge in [0.2, 0.25) is 0 Å². The molecule has 0 spiro atoms. The van der Waals surface area contributed by atoms with Crippen LogP contribution in [0.3, 0.4) is 0 Å². The number of nitrogens with zero attached hydrogens (tertiary/aromatic N) is 5. The zero-order valence-electron chi connectivity index (χ0n) is 22.8. The van der Waals surface area contributed by atoms with Crippen molar-refractivity contribution in [2.75, 3.05) is 18.0 Å². The van der Waals surface area contributed by atoms with E-state index in [0.29, 0.717) is 18.1 Å². The van der Waals surface area contributed by atoms with Crippen LogP contribution in [0.1, 0.15) is 26.7 Å². The number of piperidine rings is 1. The number of thiazole rings is 1. The van der Waals surface area contributed by atoms with Gasteiger partial charge in [0, 0.05) is 49.1 Å². The molecule has 11 nitrogen and oxygen atoms in total. The number of hydrogen-bond donors (Lipinski definition) is 3. The predicted molar refractivity (Wildman–Crippen MR) is 135 cm³/mol. The predicted octanol–water partition coefficient (Wildman–Crippen LogP) is 4.62. The van der Waals surface area contributed by atoms with Crippen LogP contribution in [0.5, 0.6) is 0 Å². The molecule has 2 fully saturated rings. The zero-order valence-corrected chi connectivity index (χ0v) is 23.7. The van der Waals surface area contributed by atoms with Gasteiger partial charge in [-0.1, -0.05) is 0 Å². The molecule has 0 aromatic carbocycles. The molecule has 4 heterocycles. The molecule has 0 amide bonds. The molecule has 0 bridgehead atoms. The van der Waals surface area contributed by atoms with Crippen molar-refractivity contribution in [2.45, 2.75) is 69.9 Å². The summed E-state index contributed by atoms with van der Waals surface area (Å²) < 4.78 is 97.3. The van der Waals surface area contributed by atoms with E-state index in [-0.39, 0.29) is 0 Å². The summed E-state index contributed by atoms with van der Waals surface area (Å²) in [5, 5.41) is 29.1. The third kappa shape index (κ3) is 12.5. The molecule has 3 N–H and O–H groups in total. The highest BCUT2D eigenvalue weighted by molar-refractivity contribution is 7.13. The molecular formula is C23H28F9N5O6S. The van der Waals surface area contributed by atoms with Gasteiger partial charge in [-0.15, -0.1) is 11.3 Å². The number of aliphatic carboxylic acids is 3. The van der Waals surface area contributed by atoms with E-state index < -0.39 is 36.4 Å². The molecule has 21 heteroatoms. The maximum Gasteiger partial charge on any atom is 0.490 e. The number of halogens is 9. The molecule has 2 aliphatic rings. The lowest BCUT2D eigenvalue weighted by atomic mass is 9.91. The van der Waals surface area contributed by atoms with E-state index in [4.69, 9.17) is 29.7 Å². The monoisotopic (exact) mass is 673 g/mol. The van der Waals surface area contributed by atoms with Gasteiger partial charge in [0.25, 0.3) is 0 Å². The van der Waals surface area contributed by atoms with Gasteiger partial charge in [0.15, 0.2) is 5.13 Å². The van der Waals surface area contributed by atoms with Crippen LogP contribution in [0.25, 0.3) is 0 Å². The van der Waals surface area contributed by atoms with E-state index in [1.54, 1.807) is 11.3 Å². The number of hydrogen-bond acceptors (Lipinski definition) is 8. The standard InChI is InChI=1S/C17H25N5S.3C2HF3O2/c1-13(2)20-8-4-16-14(11-20)10-15(12-21-7-3-5-19-21)22(16)17-18-6-9-23-17;3*3-2(4,5)1(6)7/h3,5-7,9,13-16H,4,8,10-12H2,1-2H3;3*(H,6,7)/t14-,15+,16+;;;/m1.../s1. The summed E-state index contributed by atoms with van der Waals surface area (Å²) in [6, 6.07) is 3.80. The minimum atomic E-state index is -5.08. The third-order valence-electron chi connectivity index (χ3n) is 6.11. The molecule has 0 radical (unpaired) electrons. The van der Waals surface area contributed by atoms with Crippen LogP contribution in [0.4, 0.5) is 44.6 Å². The Hall–Kier alpha value is -3.62. The minimum absolute atomic E-state index is 0.503. The molecule has 2 saturated heterocycles. The first-order valence-corrected chi connectivity index (χ1v) is 13.2. The Morgan fingerprint density at radius 3 is 1.80 bits per heavy atom. The summed E-state index contributed by atoms with van der Waals surface area (Å²) in [5.74, 6) is -7.52. The highest BCUT2D eigenvalue weighted by Gasteiger charge is 2.45. The van der Waals surface area contributed by atoms with Crippen LogP contribution in [0, 0.1) is 5.92 Å². The summed E-state index contributed by atoms with van der Waals surface area (Å²) in [7, 11) is 0. The smallest absolute Gasteiger partial charge is 0.475 e. The van der Waals surface area contributed by atoms with Crippen molar-refractivity contribution in [2.24, 2.45) is 5.92 Å². The summed E-state index contributed by atoms with van der Waals surface area (Å²) in [4.78, 5) is 36.6. The molecule has 0 unspecified atom stereocenters. The van der Waals surface area contributed by atoms with Gasteiger partial charge in [-0.3, -0.25) is 4.68 Å². The van der Waals surface area contributed by atoms with Crippen LogP contribution in [-0.4, -0.2) is 103 Å². The molecule has 3 atom stereocenters. The lowest BCUT2D eigenvalue weighted by molar-refractivity contribution is -0.193. The number of anilines is 1. The van der Waals surface area contributed by atoms with E-state index in [0.717, 1.165) is 12.5 Å². The lowest BCUT2D eigenvalue weighted by Crippen LogP contribution is -2.49. The third-order valence-corrected chi connectivity index (χ3v) is 6.89. The Kier molecular flexibility index (Phi) is 13.9. The van der Waals surface area contributed by atoms with Crippen LogP contribution in [-0.2, 0) is 20.9 Å². The van der Waals surface area contributed by atoms with Gasteiger partial charge >= 0.3 is 36.4 Å². The fraction of sp³-hybridized carbons (Fsp3) is 0.609. The fourth-order valence-electron chi connectivity index (χ4n) is 4.28. The van der Waals surface area contributed by atoms with Gasteiger partial charge in [-0.25, -0.2) is 19.4 Å². The lowest BCUT2D eigenvalue weighted by Gasteiger charge is -2.40. The second kappa shape index (κ2) is 15.9. The highest BCUT2D eigenvalue weighted by atomic mass is 32.1. The number of rotatable bonds is 4. The maximum absolute atomic E-state index is 10.6. The van der Waals surface area contributed by atoms with Crippen molar-refractivity contribution in [3.63, 3.8) is 0 Å². The summed E-state index contributed by atoms with van der Waals surface area (Å²) >= 11 is 1.77. The Morgan fingerprint density at radius 2 is 1.43 bits per heavy atom. The maximum atomic E-state index is 10.6. The molecule has 0 aliphatic carbocycles. The zero-order chi connectivity index (χ0) is 34.0. The molecule has 2 aliphatic heterocycles. The van der Waals surface area contributed by atoms with Crippen molar-refractivity contribution < 1.29 is 69.2 Å². The first kappa shape index (κ1) is 38.4. The van der Waals surface area contributed by atoms with Crippen molar-refractivity contribution in [1.29, 1.82) is 0 Å². The quantitative estimate of drug-likeness (QED) is 0.393. The highest BCUT2D eigenvalue weighted by Crippen LogP contribution is 2.40. The van der Waals surface area contributed by atoms with E-state index in [1.807, 2.05) is 18.5 Å². The average molecular weight is 674 g/mol. The first-order chi connectivity index (χ1) is 20.1. The Balaban J connectivity index is 0.000000379. The Labute approximate surface area is 247 Å². The van der Waals surface area contributed by atoms with Crippen molar-refractivity contribution in [1.82, 2.24) is 19.7 Å². The van der Waals surface area contributed by atoms with Gasteiger partial charge in [-0.2, -0.15) is 44.6 Å². The van der Waals surface area contributed by atoms with Gasteiger partial charge in [0.05, 0.1) is 12.6 Å². The van der Waals surface area contributed by atoms with E-state index in [9.17, 15) is 39.5 Å². The van der Waals surface area contributed by atoms with E-state index >= 15 is 0 Å². The second-order valence-electron chi connectivity index (χ2n) is 9.45. The fourth-order valence-corrected chi connectivity index (χ4v) is 5.05. The number of fused-ring (bicyclic) bond motifs is 1. The van der Waals surface area contributed by atoms with E-state index in [2.05, 4.69) is 50.0 Å². The number of alkyl halides is 9. The molecular weight excluding hydrogens is 645 g/mol. The van der Waals surface area contributed by atoms with Crippen LogP contribution >= 0.6 is 11.3 Å². The number of carbonyl (C=O) groups is 3. The summed E-state index contributed by atoms with van der Waals surface area (Å²) in [5.41, 5.74) is 0. The normalized spacial score (nSPS) is 20.3. The van der Waals surface area contributed by atoms with E-state index in [1.165, 1.54) is 31.1 Å². The largest absolute Gasteiger partial charge is 0.490 e. The molecule has 4 rings (SSSR count). The Bertz CT molecular complexity index is 1120. The van der Waals surface area contributed by atoms with Gasteiger partial charge < -0.3 is 25.1 Å².